The number of rotatable bonds is 3. The molecular formula is C11H12N6O2. The first-order chi connectivity index (χ1) is 9.19. The number of hydrogen-bond acceptors (Lipinski definition) is 7. The second-order valence-corrected chi connectivity index (χ2v) is 4.04. The molecular weight excluding hydrogens is 248 g/mol. The Bertz CT molecular complexity index is 732. The van der Waals surface area contributed by atoms with E-state index in [1.807, 2.05) is 13.0 Å². The zero-order valence-electron chi connectivity index (χ0n) is 10.5. The van der Waals surface area contributed by atoms with Crippen LogP contribution in [-0.4, -0.2) is 31.8 Å². The molecule has 3 aromatic heterocycles. The zero-order chi connectivity index (χ0) is 13.4. The maximum Gasteiger partial charge on any atom is 0.245 e. The van der Waals surface area contributed by atoms with Gasteiger partial charge in [0.05, 0.1) is 13.7 Å². The largest absolute Gasteiger partial charge is 0.479 e. The molecule has 0 spiro atoms. The van der Waals surface area contributed by atoms with Crippen LogP contribution in [0.1, 0.15) is 11.5 Å². The summed E-state index contributed by atoms with van der Waals surface area (Å²) >= 11 is 0. The maximum absolute atomic E-state index is 5.90. The van der Waals surface area contributed by atoms with Crippen LogP contribution in [0.4, 0.5) is 5.95 Å². The van der Waals surface area contributed by atoms with Crippen molar-refractivity contribution in [3.63, 3.8) is 0 Å². The van der Waals surface area contributed by atoms with Crippen molar-refractivity contribution in [3.05, 3.63) is 23.8 Å². The van der Waals surface area contributed by atoms with E-state index in [4.69, 9.17) is 15.0 Å². The molecule has 0 bridgehead atoms. The predicted octanol–water partition coefficient (Wildman–Crippen LogP) is 0.762. The van der Waals surface area contributed by atoms with Gasteiger partial charge in [-0.2, -0.15) is 4.98 Å². The molecule has 0 aliphatic rings. The molecule has 0 fully saturated rings. The molecule has 3 aromatic rings. The summed E-state index contributed by atoms with van der Waals surface area (Å²) in [6, 6.07) is 1.84. The number of nitrogens with zero attached hydrogens (tertiary/aromatic N) is 5. The highest BCUT2D eigenvalue weighted by molar-refractivity contribution is 5.78. The Balaban J connectivity index is 2.10. The number of ether oxygens (including phenoxy) is 1. The Labute approximate surface area is 108 Å². The first-order valence-corrected chi connectivity index (χ1v) is 5.62. The number of anilines is 1. The van der Waals surface area contributed by atoms with Gasteiger partial charge in [-0.25, -0.2) is 9.97 Å². The fourth-order valence-corrected chi connectivity index (χ4v) is 1.89. The molecule has 3 heterocycles. The van der Waals surface area contributed by atoms with Crippen molar-refractivity contribution < 1.29 is 9.26 Å². The lowest BCUT2D eigenvalue weighted by Crippen LogP contribution is -2.05. The van der Waals surface area contributed by atoms with E-state index in [1.165, 1.54) is 13.4 Å². The third kappa shape index (κ3) is 1.86. The number of aromatic nitrogens is 5. The first-order valence-electron chi connectivity index (χ1n) is 5.62. The quantitative estimate of drug-likeness (QED) is 0.741. The number of aryl methyl sites for hydroxylation is 1. The van der Waals surface area contributed by atoms with Crippen molar-refractivity contribution in [2.24, 2.45) is 0 Å². The minimum absolute atomic E-state index is 0.328. The van der Waals surface area contributed by atoms with E-state index in [0.29, 0.717) is 29.5 Å². The van der Waals surface area contributed by atoms with E-state index in [-0.39, 0.29) is 0 Å². The average Bonchev–Trinajstić information content (AvgIpc) is 2.94. The summed E-state index contributed by atoms with van der Waals surface area (Å²) in [5, 5.41) is 3.93. The Kier molecular flexibility index (Phi) is 2.55. The van der Waals surface area contributed by atoms with Gasteiger partial charge in [-0.1, -0.05) is 5.16 Å². The molecule has 98 valence electrons. The van der Waals surface area contributed by atoms with Gasteiger partial charge in [0, 0.05) is 6.07 Å². The van der Waals surface area contributed by atoms with Crippen molar-refractivity contribution in [3.8, 4) is 5.88 Å². The number of hydrogen-bond donors (Lipinski definition) is 1. The van der Waals surface area contributed by atoms with Crippen LogP contribution in [0.3, 0.4) is 0 Å². The Morgan fingerprint density at radius 1 is 1.42 bits per heavy atom. The molecule has 0 saturated carbocycles. The molecule has 2 N–H and O–H groups in total. The highest BCUT2D eigenvalue weighted by Crippen LogP contribution is 2.23. The van der Waals surface area contributed by atoms with Crippen molar-refractivity contribution in [2.75, 3.05) is 12.8 Å². The third-order valence-electron chi connectivity index (χ3n) is 2.72. The van der Waals surface area contributed by atoms with Gasteiger partial charge in [0.1, 0.15) is 17.8 Å². The van der Waals surface area contributed by atoms with Crippen molar-refractivity contribution in [1.29, 1.82) is 0 Å². The van der Waals surface area contributed by atoms with Gasteiger partial charge < -0.3 is 15.0 Å². The molecule has 0 aliphatic carbocycles. The van der Waals surface area contributed by atoms with E-state index in [2.05, 4.69) is 20.1 Å². The summed E-state index contributed by atoms with van der Waals surface area (Å²) in [6.07, 6.45) is 1.41. The van der Waals surface area contributed by atoms with Crippen LogP contribution < -0.4 is 10.5 Å². The lowest BCUT2D eigenvalue weighted by atomic mass is 10.4. The Hall–Kier alpha value is -2.64. The lowest BCUT2D eigenvalue weighted by molar-refractivity contribution is 0.389. The van der Waals surface area contributed by atoms with Crippen molar-refractivity contribution in [2.45, 2.75) is 13.5 Å². The number of fused-ring (bicyclic) bond motifs is 1. The second kappa shape index (κ2) is 4.23. The van der Waals surface area contributed by atoms with Gasteiger partial charge in [0.15, 0.2) is 11.2 Å². The minimum atomic E-state index is 0.328. The number of imidazole rings is 1. The SMILES string of the molecule is COc1ncnc2c1nc(N)n2Cc1cc(C)on1. The monoisotopic (exact) mass is 260 g/mol. The van der Waals surface area contributed by atoms with Crippen molar-refractivity contribution in [1.82, 2.24) is 24.7 Å². The van der Waals surface area contributed by atoms with Gasteiger partial charge in [-0.05, 0) is 6.92 Å². The number of nitrogens with two attached hydrogens (primary N) is 1. The van der Waals surface area contributed by atoms with Gasteiger partial charge in [0.2, 0.25) is 11.8 Å². The minimum Gasteiger partial charge on any atom is -0.479 e. The average molecular weight is 260 g/mol. The molecule has 19 heavy (non-hydrogen) atoms. The normalized spacial score (nSPS) is 11.1. The highest BCUT2D eigenvalue weighted by atomic mass is 16.5. The molecule has 0 aliphatic heterocycles. The van der Waals surface area contributed by atoms with E-state index >= 15 is 0 Å². The molecule has 0 radical (unpaired) electrons. The summed E-state index contributed by atoms with van der Waals surface area (Å²) in [5.41, 5.74) is 7.78. The molecule has 8 nitrogen and oxygen atoms in total. The zero-order valence-corrected chi connectivity index (χ0v) is 10.5. The van der Waals surface area contributed by atoms with Crippen LogP contribution >= 0.6 is 0 Å². The standard InChI is InChI=1S/C11H12N6O2/c1-6-3-7(16-19-6)4-17-9-8(15-11(17)12)10(18-2)14-5-13-9/h3,5H,4H2,1-2H3,(H2,12,15). The first kappa shape index (κ1) is 11.5. The summed E-state index contributed by atoms with van der Waals surface area (Å²) in [7, 11) is 1.53. The van der Waals surface area contributed by atoms with Gasteiger partial charge >= 0.3 is 0 Å². The van der Waals surface area contributed by atoms with Crippen LogP contribution in [0, 0.1) is 6.92 Å². The number of nitrogen functional groups attached to an aromatic ring is 1. The summed E-state index contributed by atoms with van der Waals surface area (Å²) in [6.45, 7) is 2.26. The maximum atomic E-state index is 5.90. The molecule has 0 aromatic carbocycles. The Morgan fingerprint density at radius 3 is 2.95 bits per heavy atom. The fourth-order valence-electron chi connectivity index (χ4n) is 1.89. The van der Waals surface area contributed by atoms with Gasteiger partial charge in [-0.3, -0.25) is 4.57 Å². The molecule has 0 unspecified atom stereocenters. The Morgan fingerprint density at radius 2 is 2.26 bits per heavy atom. The van der Waals surface area contributed by atoms with Crippen LogP contribution in [0.2, 0.25) is 0 Å². The summed E-state index contributed by atoms with van der Waals surface area (Å²) < 4.78 is 11.9. The molecule has 3 rings (SSSR count). The van der Waals surface area contributed by atoms with Crippen LogP contribution in [-0.2, 0) is 6.54 Å². The van der Waals surface area contributed by atoms with Gasteiger partial charge in [-0.15, -0.1) is 0 Å². The van der Waals surface area contributed by atoms with E-state index in [9.17, 15) is 0 Å². The molecule has 0 amide bonds. The predicted molar refractivity (Wildman–Crippen MR) is 66.6 cm³/mol. The second-order valence-electron chi connectivity index (χ2n) is 4.04. The lowest BCUT2D eigenvalue weighted by Gasteiger charge is -2.02. The van der Waals surface area contributed by atoms with Crippen molar-refractivity contribution >= 4 is 17.1 Å². The van der Waals surface area contributed by atoms with Gasteiger partial charge in [0.25, 0.3) is 0 Å². The van der Waals surface area contributed by atoms with Crippen LogP contribution in [0.25, 0.3) is 11.2 Å². The highest BCUT2D eigenvalue weighted by Gasteiger charge is 2.15. The van der Waals surface area contributed by atoms with E-state index in [0.717, 1.165) is 11.5 Å². The fraction of sp³-hybridized carbons (Fsp3) is 0.273. The molecule has 0 atom stereocenters. The third-order valence-corrected chi connectivity index (χ3v) is 2.72. The van der Waals surface area contributed by atoms with Crippen LogP contribution in [0.5, 0.6) is 5.88 Å². The smallest absolute Gasteiger partial charge is 0.245 e. The topological polar surface area (TPSA) is 105 Å². The van der Waals surface area contributed by atoms with E-state index < -0.39 is 0 Å². The molecule has 8 heteroatoms. The summed E-state index contributed by atoms with van der Waals surface area (Å²) in [4.78, 5) is 12.4. The van der Waals surface area contributed by atoms with Crippen LogP contribution in [0.15, 0.2) is 16.9 Å². The number of methoxy groups -OCH3 is 1. The van der Waals surface area contributed by atoms with E-state index in [1.54, 1.807) is 4.57 Å². The molecule has 0 saturated heterocycles. The summed E-state index contributed by atoms with van der Waals surface area (Å²) in [5.74, 6) is 1.46.